The van der Waals surface area contributed by atoms with Crippen molar-refractivity contribution in [2.24, 2.45) is 11.7 Å². The summed E-state index contributed by atoms with van der Waals surface area (Å²) in [6.07, 6.45) is -2.44. The van der Waals surface area contributed by atoms with Gasteiger partial charge in [0.25, 0.3) is 0 Å². The Hall–Kier alpha value is -2.48. The van der Waals surface area contributed by atoms with Crippen LogP contribution in [-0.4, -0.2) is 46.7 Å². The summed E-state index contributed by atoms with van der Waals surface area (Å²) in [5.41, 5.74) is 6.40. The van der Waals surface area contributed by atoms with Crippen LogP contribution >= 0.6 is 0 Å². The van der Waals surface area contributed by atoms with Crippen LogP contribution in [0.3, 0.4) is 0 Å². The minimum Gasteiger partial charge on any atom is -0.504 e. The maximum Gasteiger partial charge on any atom is 0.508 e. The van der Waals surface area contributed by atoms with Gasteiger partial charge in [0, 0.05) is 0 Å². The first-order valence-electron chi connectivity index (χ1n) is 8.85. The molecule has 8 heteroatoms. The monoisotopic (exact) mass is 383 g/mol. The van der Waals surface area contributed by atoms with Crippen LogP contribution in [0.2, 0.25) is 0 Å². The lowest BCUT2D eigenvalue weighted by molar-refractivity contribution is -0.155. The third kappa shape index (κ3) is 7.34. The second-order valence-corrected chi connectivity index (χ2v) is 6.92. The number of hydrogen-bond acceptors (Lipinski definition) is 8. The van der Waals surface area contributed by atoms with E-state index in [1.165, 1.54) is 12.1 Å². The Morgan fingerprint density at radius 3 is 2.04 bits per heavy atom. The van der Waals surface area contributed by atoms with Gasteiger partial charge in [-0.15, -0.1) is 0 Å². The van der Waals surface area contributed by atoms with E-state index in [1.54, 1.807) is 26.8 Å². The smallest absolute Gasteiger partial charge is 0.504 e. The molecule has 0 aromatic heterocycles. The lowest BCUT2D eigenvalue weighted by Crippen LogP contribution is -2.39. The van der Waals surface area contributed by atoms with Gasteiger partial charge in [-0.1, -0.05) is 19.9 Å². The van der Waals surface area contributed by atoms with Crippen molar-refractivity contribution in [3.8, 4) is 11.5 Å². The van der Waals surface area contributed by atoms with Crippen molar-refractivity contribution in [2.75, 3.05) is 0 Å². The topological polar surface area (TPSA) is 128 Å². The first-order chi connectivity index (χ1) is 12.5. The molecule has 0 aliphatic carbocycles. The molecular formula is C19H29NO7. The number of aromatic hydroxyl groups is 2. The number of carbonyl (C=O) groups is 2. The van der Waals surface area contributed by atoms with Gasteiger partial charge in [0.1, 0.15) is 24.4 Å². The number of phenolic OH excluding ortho intramolecular Hbond substituents is 2. The van der Waals surface area contributed by atoms with E-state index in [1.807, 2.05) is 13.8 Å². The predicted octanol–water partition coefficient (Wildman–Crippen LogP) is 2.49. The second kappa shape index (κ2) is 10.0. The Balaban J connectivity index is 2.51. The Morgan fingerprint density at radius 2 is 1.48 bits per heavy atom. The third-order valence-corrected chi connectivity index (χ3v) is 4.26. The van der Waals surface area contributed by atoms with Crippen molar-refractivity contribution in [2.45, 2.75) is 65.4 Å². The van der Waals surface area contributed by atoms with E-state index < -0.39 is 30.4 Å². The molecule has 0 aliphatic heterocycles. The SMILES string of the molecule is CC(C)C(C)OC(=O)OC(C)[C@H](C)OC(=O)[C@@H](N)Cc1ccc(O)c(O)c1. The van der Waals surface area contributed by atoms with Crippen LogP contribution in [0, 0.1) is 5.92 Å². The molecule has 0 aliphatic rings. The highest BCUT2D eigenvalue weighted by molar-refractivity contribution is 5.76. The van der Waals surface area contributed by atoms with Gasteiger partial charge in [0.05, 0.1) is 0 Å². The first kappa shape index (κ1) is 22.6. The van der Waals surface area contributed by atoms with Crippen LogP contribution in [0.15, 0.2) is 18.2 Å². The molecule has 4 atom stereocenters. The fraction of sp³-hybridized carbons (Fsp3) is 0.579. The normalized spacial score (nSPS) is 15.5. The minimum atomic E-state index is -0.975. The van der Waals surface area contributed by atoms with Crippen molar-refractivity contribution >= 4 is 12.1 Å². The molecule has 0 fully saturated rings. The van der Waals surface area contributed by atoms with E-state index in [0.717, 1.165) is 0 Å². The van der Waals surface area contributed by atoms with Crippen LogP contribution in [0.4, 0.5) is 4.79 Å². The maximum atomic E-state index is 12.1. The van der Waals surface area contributed by atoms with Gasteiger partial charge in [-0.2, -0.15) is 0 Å². The summed E-state index contributed by atoms with van der Waals surface area (Å²) < 4.78 is 15.5. The zero-order valence-electron chi connectivity index (χ0n) is 16.3. The molecule has 27 heavy (non-hydrogen) atoms. The predicted molar refractivity (Wildman–Crippen MR) is 98.3 cm³/mol. The van der Waals surface area contributed by atoms with Gasteiger partial charge >= 0.3 is 12.1 Å². The quantitative estimate of drug-likeness (QED) is 0.461. The Morgan fingerprint density at radius 1 is 0.926 bits per heavy atom. The summed E-state index contributed by atoms with van der Waals surface area (Å²) >= 11 is 0. The summed E-state index contributed by atoms with van der Waals surface area (Å²) in [6.45, 7) is 8.77. The number of rotatable bonds is 8. The van der Waals surface area contributed by atoms with E-state index in [2.05, 4.69) is 0 Å². The molecule has 152 valence electrons. The molecule has 4 N–H and O–H groups in total. The van der Waals surface area contributed by atoms with E-state index in [-0.39, 0.29) is 29.9 Å². The standard InChI is InChI=1S/C19H29NO7/c1-10(2)11(3)26-19(24)27-13(5)12(4)25-18(23)15(20)8-14-6-7-16(21)17(22)9-14/h6-7,9-13,15,21-22H,8,20H2,1-5H3/t11?,12-,13?,15-/m0/s1. The van der Waals surface area contributed by atoms with E-state index in [0.29, 0.717) is 5.56 Å². The molecule has 0 spiro atoms. The maximum absolute atomic E-state index is 12.1. The minimum absolute atomic E-state index is 0.114. The van der Waals surface area contributed by atoms with Gasteiger partial charge < -0.3 is 30.2 Å². The summed E-state index contributed by atoms with van der Waals surface area (Å²) in [6, 6.07) is 3.20. The highest BCUT2D eigenvalue weighted by Crippen LogP contribution is 2.25. The van der Waals surface area contributed by atoms with E-state index in [4.69, 9.17) is 19.9 Å². The lowest BCUT2D eigenvalue weighted by Gasteiger charge is -2.23. The van der Waals surface area contributed by atoms with Gasteiger partial charge in [-0.3, -0.25) is 4.79 Å². The molecule has 1 aromatic rings. The average molecular weight is 383 g/mol. The Bertz CT molecular complexity index is 647. The van der Waals surface area contributed by atoms with Crippen LogP contribution in [0.25, 0.3) is 0 Å². The summed E-state index contributed by atoms with van der Waals surface area (Å²) in [5.74, 6) is -1.07. The molecule has 0 heterocycles. The fourth-order valence-electron chi connectivity index (χ4n) is 1.96. The van der Waals surface area contributed by atoms with Gasteiger partial charge in [0.15, 0.2) is 11.5 Å². The summed E-state index contributed by atoms with van der Waals surface area (Å²) in [5, 5.41) is 18.8. The van der Waals surface area contributed by atoms with E-state index >= 15 is 0 Å². The molecule has 0 saturated carbocycles. The van der Waals surface area contributed by atoms with Crippen molar-refractivity contribution in [1.29, 1.82) is 0 Å². The lowest BCUT2D eigenvalue weighted by atomic mass is 10.1. The molecular weight excluding hydrogens is 354 g/mol. The number of hydrogen-bond donors (Lipinski definition) is 3. The first-order valence-corrected chi connectivity index (χ1v) is 8.85. The zero-order chi connectivity index (χ0) is 20.7. The average Bonchev–Trinajstić information content (AvgIpc) is 2.57. The number of nitrogens with two attached hydrogens (primary N) is 1. The fourth-order valence-corrected chi connectivity index (χ4v) is 1.96. The number of benzene rings is 1. The van der Waals surface area contributed by atoms with Crippen LogP contribution < -0.4 is 5.73 Å². The third-order valence-electron chi connectivity index (χ3n) is 4.26. The number of phenols is 2. The van der Waals surface area contributed by atoms with Crippen molar-refractivity contribution in [3.63, 3.8) is 0 Å². The largest absolute Gasteiger partial charge is 0.508 e. The molecule has 1 rings (SSSR count). The van der Waals surface area contributed by atoms with Crippen molar-refractivity contribution < 1.29 is 34.0 Å². The highest BCUT2D eigenvalue weighted by atomic mass is 16.7. The summed E-state index contributed by atoms with van der Waals surface area (Å²) in [4.78, 5) is 23.9. The van der Waals surface area contributed by atoms with Gasteiger partial charge in [0.2, 0.25) is 0 Å². The number of carbonyl (C=O) groups excluding carboxylic acids is 2. The highest BCUT2D eigenvalue weighted by Gasteiger charge is 2.25. The molecule has 0 bridgehead atoms. The second-order valence-electron chi connectivity index (χ2n) is 6.92. The molecule has 0 amide bonds. The summed E-state index contributed by atoms with van der Waals surface area (Å²) in [7, 11) is 0. The van der Waals surface area contributed by atoms with Crippen LogP contribution in [0.1, 0.15) is 40.2 Å². The Labute approximate surface area is 159 Å². The van der Waals surface area contributed by atoms with Gasteiger partial charge in [-0.05, 0) is 50.8 Å². The molecule has 2 unspecified atom stereocenters. The molecule has 0 radical (unpaired) electrons. The van der Waals surface area contributed by atoms with Crippen molar-refractivity contribution in [3.05, 3.63) is 23.8 Å². The van der Waals surface area contributed by atoms with Crippen LogP contribution in [0.5, 0.6) is 11.5 Å². The molecule has 0 saturated heterocycles. The molecule has 8 nitrogen and oxygen atoms in total. The number of esters is 1. The number of ether oxygens (including phenoxy) is 3. The zero-order valence-corrected chi connectivity index (χ0v) is 16.3. The Kier molecular flexibility index (Phi) is 8.36. The van der Waals surface area contributed by atoms with Crippen LogP contribution in [-0.2, 0) is 25.4 Å². The van der Waals surface area contributed by atoms with E-state index in [9.17, 15) is 19.8 Å². The molecule has 1 aromatic carbocycles. The van der Waals surface area contributed by atoms with Gasteiger partial charge in [-0.25, -0.2) is 4.79 Å². The van der Waals surface area contributed by atoms with Crippen molar-refractivity contribution in [1.82, 2.24) is 0 Å².